The minimum absolute atomic E-state index is 0.139. The van der Waals surface area contributed by atoms with E-state index in [0.717, 1.165) is 100 Å². The lowest BCUT2D eigenvalue weighted by Gasteiger charge is -2.30. The number of H-pyrrole nitrogens is 1. The fourth-order valence-electron chi connectivity index (χ4n) is 7.58. The number of carboxylic acid groups (broad SMARTS) is 1. The van der Waals surface area contributed by atoms with Crippen molar-refractivity contribution < 1.29 is 23.9 Å². The van der Waals surface area contributed by atoms with Crippen LogP contribution in [-0.2, 0) is 12.8 Å². The highest BCUT2D eigenvalue weighted by molar-refractivity contribution is 7.16. The first-order chi connectivity index (χ1) is 30.6. The van der Waals surface area contributed by atoms with Gasteiger partial charge in [-0.3, -0.25) is 10.6 Å². The van der Waals surface area contributed by atoms with E-state index in [1.165, 1.54) is 53.9 Å². The number of carbonyl (C=O) groups is 3. The maximum absolute atomic E-state index is 12.7. The Balaban J connectivity index is 0.000000173. The number of oxazole rings is 1. The van der Waals surface area contributed by atoms with Crippen LogP contribution in [0.25, 0.3) is 11.0 Å². The van der Waals surface area contributed by atoms with Crippen LogP contribution in [0.3, 0.4) is 0 Å². The number of imidazole rings is 1. The average Bonchev–Trinajstić information content (AvgIpc) is 4.12. The number of rotatable bonds is 11. The van der Waals surface area contributed by atoms with Gasteiger partial charge in [-0.25, -0.2) is 34.3 Å². The molecule has 4 amide bonds. The summed E-state index contributed by atoms with van der Waals surface area (Å²) in [5.74, 6) is 0.0259. The van der Waals surface area contributed by atoms with Crippen LogP contribution in [0.15, 0.2) is 83.7 Å². The zero-order valence-electron chi connectivity index (χ0n) is 35.1. The minimum atomic E-state index is -1.14. The van der Waals surface area contributed by atoms with Gasteiger partial charge < -0.3 is 34.9 Å². The molecule has 0 atom stereocenters. The molecule has 63 heavy (non-hydrogen) atoms. The quantitative estimate of drug-likeness (QED) is 0.0721. The predicted molar refractivity (Wildman–Crippen MR) is 249 cm³/mol. The maximum atomic E-state index is 12.7. The zero-order chi connectivity index (χ0) is 43.7. The Hall–Kier alpha value is -6.79. The topological polar surface area (TPSA) is 207 Å². The third-order valence-corrected chi connectivity index (χ3v) is 12.4. The third-order valence-electron chi connectivity index (χ3n) is 10.6. The van der Waals surface area contributed by atoms with Crippen molar-refractivity contribution in [2.24, 2.45) is 0 Å². The Morgan fingerprint density at radius 2 is 1.24 bits per heavy atom. The monoisotopic (exact) mass is 887 g/mol. The number of urea groups is 2. The van der Waals surface area contributed by atoms with Crippen LogP contribution in [-0.4, -0.2) is 74.2 Å². The summed E-state index contributed by atoms with van der Waals surface area (Å²) in [5, 5.41) is 21.5. The number of piperidine rings is 2. The van der Waals surface area contributed by atoms with E-state index in [1.807, 2.05) is 55.5 Å². The molecule has 18 heteroatoms. The molecular weight excluding hydrogens is 839 g/mol. The molecule has 6 heterocycles. The molecule has 3 aromatic carbocycles. The van der Waals surface area contributed by atoms with Gasteiger partial charge in [0.15, 0.2) is 21.8 Å². The minimum Gasteiger partial charge on any atom is -0.476 e. The molecule has 2 fully saturated rings. The van der Waals surface area contributed by atoms with E-state index >= 15 is 0 Å². The van der Waals surface area contributed by atoms with Crippen LogP contribution in [0, 0.1) is 13.8 Å². The van der Waals surface area contributed by atoms with E-state index in [2.05, 4.69) is 75.0 Å². The Morgan fingerprint density at radius 3 is 1.76 bits per heavy atom. The lowest BCUT2D eigenvalue weighted by Crippen LogP contribution is -2.31. The highest BCUT2D eigenvalue weighted by atomic mass is 32.1. The number of nitrogens with one attached hydrogen (secondary N) is 5. The SMILES string of the molecule is Cc1ccc(NC(=O)Nc2ncc(Cc3nc(C(=O)O)co3)s2)c(N2CCCCC2)c1.Cc1ccc(NC(=O)Nc2ncc(Cc3nc4ccccc4[nH]3)s2)c(N2CCCCC2)c1. The lowest BCUT2D eigenvalue weighted by atomic mass is 10.1. The van der Waals surface area contributed by atoms with E-state index in [-0.39, 0.29) is 23.6 Å². The number of aryl methyl sites for hydroxylation is 2. The molecule has 0 bridgehead atoms. The number of thiazole rings is 2. The number of aromatic carboxylic acids is 1. The average molecular weight is 888 g/mol. The van der Waals surface area contributed by atoms with Gasteiger partial charge in [-0.1, -0.05) is 24.3 Å². The van der Waals surface area contributed by atoms with Crippen LogP contribution < -0.4 is 31.1 Å². The summed E-state index contributed by atoms with van der Waals surface area (Å²) in [6.45, 7) is 8.15. The number of carbonyl (C=O) groups excluding carboxylic acids is 2. The van der Waals surface area contributed by atoms with E-state index < -0.39 is 5.97 Å². The maximum Gasteiger partial charge on any atom is 0.357 e. The molecule has 6 N–H and O–H groups in total. The molecule has 7 aromatic rings. The van der Waals surface area contributed by atoms with Crippen molar-refractivity contribution in [2.75, 3.05) is 57.2 Å². The summed E-state index contributed by atoms with van der Waals surface area (Å²) < 4.78 is 5.16. The van der Waals surface area contributed by atoms with Gasteiger partial charge in [0.2, 0.25) is 0 Å². The Morgan fingerprint density at radius 1 is 0.698 bits per heavy atom. The van der Waals surface area contributed by atoms with Gasteiger partial charge in [0.25, 0.3) is 0 Å². The molecule has 0 saturated carbocycles. The smallest absolute Gasteiger partial charge is 0.357 e. The van der Waals surface area contributed by atoms with Crippen molar-refractivity contribution in [3.8, 4) is 0 Å². The second kappa shape index (κ2) is 19.9. The number of hydrogen-bond acceptors (Lipinski definition) is 12. The first-order valence-electron chi connectivity index (χ1n) is 21.0. The number of aromatic amines is 1. The summed E-state index contributed by atoms with van der Waals surface area (Å²) in [5.41, 5.74) is 7.88. The second-order valence-electron chi connectivity index (χ2n) is 15.5. The van der Waals surface area contributed by atoms with Crippen molar-refractivity contribution in [1.29, 1.82) is 0 Å². The van der Waals surface area contributed by atoms with Crippen LogP contribution in [0.1, 0.15) is 81.6 Å². The fraction of sp³-hybridized carbons (Fsp3) is 0.311. The Kier molecular flexibility index (Phi) is 13.6. The van der Waals surface area contributed by atoms with Crippen molar-refractivity contribution in [1.82, 2.24) is 24.9 Å². The van der Waals surface area contributed by atoms with E-state index in [4.69, 9.17) is 9.52 Å². The molecule has 326 valence electrons. The van der Waals surface area contributed by atoms with Gasteiger partial charge in [-0.05, 0) is 99.9 Å². The molecule has 0 unspecified atom stereocenters. The Labute approximate surface area is 372 Å². The molecule has 16 nitrogen and oxygen atoms in total. The summed E-state index contributed by atoms with van der Waals surface area (Å²) in [4.78, 5) is 63.1. The first-order valence-corrected chi connectivity index (χ1v) is 22.6. The van der Waals surface area contributed by atoms with E-state index in [9.17, 15) is 14.4 Å². The molecule has 0 aliphatic carbocycles. The van der Waals surface area contributed by atoms with Crippen LogP contribution in [0.5, 0.6) is 0 Å². The van der Waals surface area contributed by atoms with Gasteiger partial charge in [0, 0.05) is 54.7 Å². The molecule has 9 rings (SSSR count). The van der Waals surface area contributed by atoms with E-state index in [0.29, 0.717) is 23.1 Å². The van der Waals surface area contributed by atoms with Crippen LogP contribution in [0.2, 0.25) is 0 Å². The number of para-hydroxylation sites is 2. The van der Waals surface area contributed by atoms with Crippen molar-refractivity contribution in [2.45, 2.75) is 65.2 Å². The largest absolute Gasteiger partial charge is 0.476 e. The molecule has 0 spiro atoms. The summed E-state index contributed by atoms with van der Waals surface area (Å²) >= 11 is 2.74. The number of fused-ring (bicyclic) bond motifs is 1. The number of amides is 4. The number of aromatic nitrogens is 5. The summed E-state index contributed by atoms with van der Waals surface area (Å²) in [7, 11) is 0. The molecule has 4 aromatic heterocycles. The molecular formula is C45H49N11O5S2. The number of benzene rings is 3. The zero-order valence-corrected chi connectivity index (χ0v) is 36.7. The number of hydrogen-bond donors (Lipinski definition) is 6. The van der Waals surface area contributed by atoms with Crippen molar-refractivity contribution >= 4 is 84.8 Å². The first kappa shape index (κ1) is 42.9. The fourth-order valence-corrected chi connectivity index (χ4v) is 9.19. The molecule has 2 saturated heterocycles. The van der Waals surface area contributed by atoms with Crippen molar-refractivity contribution in [3.05, 3.63) is 118 Å². The molecule has 2 aliphatic rings. The predicted octanol–water partition coefficient (Wildman–Crippen LogP) is 9.92. The summed E-state index contributed by atoms with van der Waals surface area (Å²) in [6.07, 6.45) is 12.6. The van der Waals surface area contributed by atoms with Gasteiger partial charge in [0.1, 0.15) is 12.1 Å². The lowest BCUT2D eigenvalue weighted by molar-refractivity contribution is 0.0690. The van der Waals surface area contributed by atoms with Gasteiger partial charge in [-0.15, -0.1) is 22.7 Å². The number of anilines is 6. The van der Waals surface area contributed by atoms with E-state index in [1.54, 1.807) is 12.4 Å². The van der Waals surface area contributed by atoms with Crippen LogP contribution in [0.4, 0.5) is 42.6 Å². The van der Waals surface area contributed by atoms with Gasteiger partial charge >= 0.3 is 18.0 Å². The number of nitrogens with zero attached hydrogens (tertiary/aromatic N) is 6. The highest BCUT2D eigenvalue weighted by Gasteiger charge is 2.19. The summed E-state index contributed by atoms with van der Waals surface area (Å²) in [6, 6.07) is 19.5. The standard InChI is InChI=1S/C24H26N6OS.C21H23N5O4S/c1-16-9-10-20(21(13-16)30-11-5-2-6-12-30)28-23(31)29-24-25-15-17(32-24)14-22-26-18-7-3-4-8-19(18)27-22;1-13-5-6-15(17(9-13)26-7-3-2-4-8-26)24-20(29)25-21-22-11-14(31-21)10-18-23-16(12-30-18)19(27)28/h3-4,7-10,13,15H,2,5-6,11-12,14H2,1H3,(H,26,27)(H2,25,28,29,31);5-6,9,11-12H,2-4,7-8,10H2,1H3,(H,27,28)(H2,22,24,25,29). The molecule has 0 radical (unpaired) electrons. The van der Waals surface area contributed by atoms with Gasteiger partial charge in [0.05, 0.1) is 40.2 Å². The van der Waals surface area contributed by atoms with Gasteiger partial charge in [-0.2, -0.15) is 0 Å². The number of carboxylic acids is 1. The normalized spacial score (nSPS) is 13.9. The van der Waals surface area contributed by atoms with Crippen molar-refractivity contribution in [3.63, 3.8) is 0 Å². The highest BCUT2D eigenvalue weighted by Crippen LogP contribution is 2.32. The Bertz CT molecular complexity index is 2660. The third kappa shape index (κ3) is 11.4. The second-order valence-corrected chi connectivity index (χ2v) is 17.8. The molecule has 2 aliphatic heterocycles. The van der Waals surface area contributed by atoms with Crippen LogP contribution >= 0.6 is 22.7 Å².